The van der Waals surface area contributed by atoms with Crippen LogP contribution in [-0.4, -0.2) is 22.7 Å². The molecule has 7 heavy (non-hydrogen) atoms. The van der Waals surface area contributed by atoms with Crippen LogP contribution in [0, 0.1) is 4.78 Å². The Morgan fingerprint density at radius 2 is 2.43 bits per heavy atom. The lowest BCUT2D eigenvalue weighted by molar-refractivity contribution is 0.203. The van der Waals surface area contributed by atoms with Gasteiger partial charge in [0.25, 0.3) is 0 Å². The number of hydrogen-bond acceptors (Lipinski definition) is 2. The van der Waals surface area contributed by atoms with Crippen LogP contribution >= 0.6 is 0 Å². The molecule has 0 aromatic carbocycles. The molecule has 1 rings (SSSR count). The van der Waals surface area contributed by atoms with Crippen molar-refractivity contribution in [2.45, 2.75) is 12.5 Å². The third-order valence-corrected chi connectivity index (χ3v) is 2.61. The van der Waals surface area contributed by atoms with Crippen LogP contribution in [0.25, 0.3) is 0 Å². The van der Waals surface area contributed by atoms with E-state index >= 15 is 0 Å². The second-order valence-electron chi connectivity index (χ2n) is 1.81. The fraction of sp³-hybridized carbons (Fsp3) is 1.00. The van der Waals surface area contributed by atoms with Gasteiger partial charge >= 0.3 is 0 Å². The Morgan fingerprint density at radius 3 is 2.57 bits per heavy atom. The fourth-order valence-corrected chi connectivity index (χ4v) is 2.03. The summed E-state index contributed by atoms with van der Waals surface area (Å²) in [5.41, 5.74) is 0. The second-order valence-corrected chi connectivity index (χ2v) is 3.53. The molecule has 42 valence electrons. The number of aliphatic hydroxyl groups is 1. The second kappa shape index (κ2) is 1.92. The van der Waals surface area contributed by atoms with Gasteiger partial charge in [0.1, 0.15) is 0 Å². The summed E-state index contributed by atoms with van der Waals surface area (Å²) in [4.78, 5) is 0. The maximum atomic E-state index is 8.79. The predicted molar refractivity (Wildman–Crippen MR) is 30.4 cm³/mol. The highest BCUT2D eigenvalue weighted by atomic mass is 32.2. The lowest BCUT2D eigenvalue weighted by atomic mass is 10.3. The maximum Gasteiger partial charge on any atom is 0.0648 e. The van der Waals surface area contributed by atoms with Crippen molar-refractivity contribution >= 4 is 10.7 Å². The van der Waals surface area contributed by atoms with E-state index in [0.717, 1.165) is 17.9 Å². The minimum atomic E-state index is -0.203. The Morgan fingerprint density at radius 1 is 1.71 bits per heavy atom. The van der Waals surface area contributed by atoms with E-state index in [2.05, 4.69) is 0 Å². The Hall–Kier alpha value is 0.110. The normalized spacial score (nSPS) is 41.9. The van der Waals surface area contributed by atoms with Crippen molar-refractivity contribution in [1.82, 2.24) is 0 Å². The van der Waals surface area contributed by atoms with Crippen molar-refractivity contribution in [2.75, 3.05) is 11.5 Å². The van der Waals surface area contributed by atoms with Gasteiger partial charge in [0.15, 0.2) is 0 Å². The smallest absolute Gasteiger partial charge is 0.0648 e. The van der Waals surface area contributed by atoms with E-state index in [1.54, 1.807) is 0 Å². The molecular formula is C4H9NOS. The lowest BCUT2D eigenvalue weighted by Crippen LogP contribution is -2.03. The van der Waals surface area contributed by atoms with Gasteiger partial charge in [-0.1, -0.05) is 0 Å². The minimum Gasteiger partial charge on any atom is -0.392 e. The Bertz CT molecular complexity index is 93.7. The average Bonchev–Trinajstić information content (AvgIpc) is 1.87. The zero-order valence-corrected chi connectivity index (χ0v) is 4.87. The Balaban J connectivity index is 2.40. The van der Waals surface area contributed by atoms with E-state index in [1.165, 1.54) is 0 Å². The zero-order valence-electron chi connectivity index (χ0n) is 4.05. The molecule has 2 nitrogen and oxygen atoms in total. The van der Waals surface area contributed by atoms with Crippen LogP contribution in [0.4, 0.5) is 0 Å². The van der Waals surface area contributed by atoms with E-state index in [0.29, 0.717) is 0 Å². The zero-order chi connectivity index (χ0) is 5.28. The van der Waals surface area contributed by atoms with Gasteiger partial charge in [-0.25, -0.2) is 0 Å². The highest BCUT2D eigenvalue weighted by Gasteiger charge is 2.14. The van der Waals surface area contributed by atoms with Crippen molar-refractivity contribution in [1.29, 1.82) is 4.78 Å². The van der Waals surface area contributed by atoms with Gasteiger partial charge < -0.3 is 5.11 Å². The summed E-state index contributed by atoms with van der Waals surface area (Å²) in [7, 11) is -0.203. The molecule has 0 radical (unpaired) electrons. The first-order valence-corrected chi connectivity index (χ1v) is 3.92. The molecule has 0 saturated carbocycles. The molecule has 0 aromatic rings. The molecule has 1 fully saturated rings. The van der Waals surface area contributed by atoms with Gasteiger partial charge in [-0.3, -0.25) is 4.78 Å². The van der Waals surface area contributed by atoms with Gasteiger partial charge in [-0.05, 0) is 6.42 Å². The highest BCUT2D eigenvalue weighted by Crippen LogP contribution is 2.06. The summed E-state index contributed by atoms with van der Waals surface area (Å²) in [5, 5.41) is 8.79. The monoisotopic (exact) mass is 119 g/mol. The van der Waals surface area contributed by atoms with E-state index < -0.39 is 0 Å². The summed E-state index contributed by atoms with van der Waals surface area (Å²) < 4.78 is 7.13. The van der Waals surface area contributed by atoms with Crippen molar-refractivity contribution < 1.29 is 5.11 Å². The molecule has 0 aromatic heterocycles. The summed E-state index contributed by atoms with van der Waals surface area (Å²) in [6.45, 7) is 0. The number of hydrogen-bond donors (Lipinski definition) is 2. The van der Waals surface area contributed by atoms with Gasteiger partial charge in [0, 0.05) is 11.5 Å². The first-order chi connectivity index (χ1) is 3.29. The molecule has 3 heteroatoms. The third-order valence-electron chi connectivity index (χ3n) is 1.09. The fourth-order valence-electron chi connectivity index (χ4n) is 0.677. The third kappa shape index (κ3) is 1.24. The van der Waals surface area contributed by atoms with Crippen LogP contribution in [-0.2, 0) is 10.7 Å². The van der Waals surface area contributed by atoms with Crippen molar-refractivity contribution in [3.05, 3.63) is 0 Å². The van der Waals surface area contributed by atoms with Gasteiger partial charge in [0.05, 0.1) is 6.10 Å². The quantitative estimate of drug-likeness (QED) is 0.468. The first-order valence-electron chi connectivity index (χ1n) is 2.36. The average molecular weight is 119 g/mol. The van der Waals surface area contributed by atoms with Crippen LogP contribution < -0.4 is 0 Å². The predicted octanol–water partition coefficient (Wildman–Crippen LogP) is 0.132. The van der Waals surface area contributed by atoms with Crippen LogP contribution in [0.3, 0.4) is 0 Å². The van der Waals surface area contributed by atoms with Gasteiger partial charge in [-0.2, -0.15) is 0 Å². The lowest BCUT2D eigenvalue weighted by Gasteiger charge is -1.91. The number of aliphatic hydroxyl groups excluding tert-OH is 1. The topological polar surface area (TPSA) is 44.1 Å². The van der Waals surface area contributed by atoms with Crippen LogP contribution in [0.15, 0.2) is 0 Å². The number of nitrogens with one attached hydrogen (secondary N) is 1. The molecule has 2 atom stereocenters. The standard InChI is InChI=1S/C4H9NOS/c5-7-2-1-4(6)3-7/h4-6H,1-3H2. The van der Waals surface area contributed by atoms with E-state index in [9.17, 15) is 0 Å². The molecule has 0 amide bonds. The van der Waals surface area contributed by atoms with Gasteiger partial charge in [-0.15, -0.1) is 10.7 Å². The Labute approximate surface area is 45.4 Å². The molecule has 1 aliphatic heterocycles. The van der Waals surface area contributed by atoms with Gasteiger partial charge in [0.2, 0.25) is 0 Å². The SMILES string of the molecule is N=S1CCC(O)C1. The highest BCUT2D eigenvalue weighted by molar-refractivity contribution is 7.86. The molecule has 2 N–H and O–H groups in total. The minimum absolute atomic E-state index is 0.152. The van der Waals surface area contributed by atoms with Crippen molar-refractivity contribution in [3.63, 3.8) is 0 Å². The summed E-state index contributed by atoms with van der Waals surface area (Å²) in [6.07, 6.45) is 0.702. The number of rotatable bonds is 0. The molecule has 0 aliphatic carbocycles. The van der Waals surface area contributed by atoms with Crippen LogP contribution in [0.5, 0.6) is 0 Å². The first kappa shape index (κ1) is 5.25. The van der Waals surface area contributed by atoms with Crippen LogP contribution in [0.2, 0.25) is 0 Å². The summed E-state index contributed by atoms with van der Waals surface area (Å²) in [6, 6.07) is 0. The van der Waals surface area contributed by atoms with E-state index in [-0.39, 0.29) is 16.8 Å². The summed E-state index contributed by atoms with van der Waals surface area (Å²) in [5.74, 6) is 1.64. The molecule has 1 saturated heterocycles. The Kier molecular flexibility index (Phi) is 1.44. The largest absolute Gasteiger partial charge is 0.392 e. The van der Waals surface area contributed by atoms with E-state index in [1.807, 2.05) is 0 Å². The van der Waals surface area contributed by atoms with Crippen molar-refractivity contribution in [2.24, 2.45) is 0 Å². The molecule has 2 unspecified atom stereocenters. The maximum absolute atomic E-state index is 8.79. The molecular weight excluding hydrogens is 110 g/mol. The molecule has 1 aliphatic rings. The molecule has 0 spiro atoms. The van der Waals surface area contributed by atoms with Crippen molar-refractivity contribution in [3.8, 4) is 0 Å². The van der Waals surface area contributed by atoms with E-state index in [4.69, 9.17) is 9.89 Å². The molecule has 1 heterocycles. The van der Waals surface area contributed by atoms with Crippen LogP contribution in [0.1, 0.15) is 6.42 Å². The summed E-state index contributed by atoms with van der Waals surface area (Å²) >= 11 is 0. The molecule has 0 bridgehead atoms.